The van der Waals surface area contributed by atoms with E-state index in [0.29, 0.717) is 31.4 Å². The zero-order valence-corrected chi connectivity index (χ0v) is 13.6. The number of hydrogen-bond donors (Lipinski definition) is 0. The van der Waals surface area contributed by atoms with Crippen LogP contribution in [0.5, 0.6) is 0 Å². The van der Waals surface area contributed by atoms with Gasteiger partial charge in [-0.3, -0.25) is 14.4 Å². The number of benzene rings is 1. The molecule has 0 saturated carbocycles. The molecule has 0 unspecified atom stereocenters. The van der Waals surface area contributed by atoms with Crippen molar-refractivity contribution >= 4 is 17.7 Å². The third-order valence-corrected chi connectivity index (χ3v) is 3.28. The van der Waals surface area contributed by atoms with Crippen LogP contribution in [0, 0.1) is 0 Å². The first-order valence-corrected chi connectivity index (χ1v) is 8.03. The second-order valence-electron chi connectivity index (χ2n) is 5.17. The molecule has 0 aliphatic rings. The minimum Gasteiger partial charge on any atom is -0.466 e. The van der Waals surface area contributed by atoms with Gasteiger partial charge >= 0.3 is 11.9 Å². The molecule has 0 aromatic heterocycles. The number of hydrogen-bond acceptors (Lipinski definition) is 5. The van der Waals surface area contributed by atoms with Crippen LogP contribution in [-0.4, -0.2) is 30.9 Å². The molecule has 1 aromatic carbocycles. The molecule has 0 heterocycles. The number of rotatable bonds is 11. The van der Waals surface area contributed by atoms with E-state index in [1.54, 1.807) is 31.2 Å². The van der Waals surface area contributed by atoms with Crippen molar-refractivity contribution in [3.63, 3.8) is 0 Å². The molecule has 0 atom stereocenters. The Balaban J connectivity index is 2.04. The summed E-state index contributed by atoms with van der Waals surface area (Å²) in [6.45, 7) is 1.98. The molecule has 5 nitrogen and oxygen atoms in total. The van der Waals surface area contributed by atoms with Gasteiger partial charge in [-0.25, -0.2) is 0 Å². The van der Waals surface area contributed by atoms with Crippen LogP contribution in [0.15, 0.2) is 30.3 Å². The second-order valence-corrected chi connectivity index (χ2v) is 5.17. The van der Waals surface area contributed by atoms with E-state index in [9.17, 15) is 14.4 Å². The van der Waals surface area contributed by atoms with E-state index in [1.807, 2.05) is 6.07 Å². The van der Waals surface area contributed by atoms with E-state index >= 15 is 0 Å². The normalized spacial score (nSPS) is 10.1. The van der Waals surface area contributed by atoms with Gasteiger partial charge < -0.3 is 9.47 Å². The summed E-state index contributed by atoms with van der Waals surface area (Å²) in [6.07, 6.45) is 3.89. The van der Waals surface area contributed by atoms with Gasteiger partial charge in [-0.1, -0.05) is 43.2 Å². The SMILES string of the molecule is CCOC(=O)CCCCCCC(=O)OCC(=O)c1ccccc1. The quantitative estimate of drug-likeness (QED) is 0.355. The number of carbonyl (C=O) groups excluding carboxylic acids is 3. The van der Waals surface area contributed by atoms with Gasteiger partial charge in [0.15, 0.2) is 12.4 Å². The molecule has 126 valence electrons. The molecular weight excluding hydrogens is 296 g/mol. The van der Waals surface area contributed by atoms with Crippen molar-refractivity contribution in [2.75, 3.05) is 13.2 Å². The highest BCUT2D eigenvalue weighted by molar-refractivity contribution is 5.97. The summed E-state index contributed by atoms with van der Waals surface area (Å²) in [5.41, 5.74) is 0.541. The minimum atomic E-state index is -0.361. The number of carbonyl (C=O) groups is 3. The minimum absolute atomic E-state index is 0.175. The Hall–Kier alpha value is -2.17. The Bertz CT molecular complexity index is 495. The Morgan fingerprint density at radius 1 is 0.826 bits per heavy atom. The molecule has 0 aliphatic heterocycles. The highest BCUT2D eigenvalue weighted by Gasteiger charge is 2.09. The third-order valence-electron chi connectivity index (χ3n) is 3.28. The highest BCUT2D eigenvalue weighted by atomic mass is 16.5. The number of unbranched alkanes of at least 4 members (excludes halogenated alkanes) is 3. The van der Waals surface area contributed by atoms with Gasteiger partial charge in [-0.05, 0) is 19.8 Å². The van der Waals surface area contributed by atoms with Gasteiger partial charge in [0.05, 0.1) is 6.61 Å². The van der Waals surface area contributed by atoms with E-state index < -0.39 is 0 Å². The van der Waals surface area contributed by atoms with Gasteiger partial charge in [0.2, 0.25) is 0 Å². The lowest BCUT2D eigenvalue weighted by molar-refractivity contribution is -0.144. The second kappa shape index (κ2) is 11.4. The molecular formula is C18H24O5. The maximum atomic E-state index is 11.8. The number of ether oxygens (including phenoxy) is 2. The summed E-state index contributed by atoms with van der Waals surface area (Å²) in [5, 5.41) is 0. The van der Waals surface area contributed by atoms with Crippen LogP contribution in [0.4, 0.5) is 0 Å². The van der Waals surface area contributed by atoms with Gasteiger partial charge in [-0.2, -0.15) is 0 Å². The van der Waals surface area contributed by atoms with Crippen molar-refractivity contribution < 1.29 is 23.9 Å². The summed E-state index contributed by atoms with van der Waals surface area (Å²) in [6, 6.07) is 8.75. The summed E-state index contributed by atoms with van der Waals surface area (Å²) in [7, 11) is 0. The average molecular weight is 320 g/mol. The maximum Gasteiger partial charge on any atom is 0.306 e. The van der Waals surface area contributed by atoms with Crippen molar-refractivity contribution in [2.24, 2.45) is 0 Å². The Morgan fingerprint density at radius 2 is 1.39 bits per heavy atom. The summed E-state index contributed by atoms with van der Waals surface area (Å²) in [4.78, 5) is 34.4. The van der Waals surface area contributed by atoms with Crippen molar-refractivity contribution in [2.45, 2.75) is 45.4 Å². The number of ketones is 1. The Labute approximate surface area is 137 Å². The molecule has 1 aromatic rings. The van der Waals surface area contributed by atoms with Crippen molar-refractivity contribution in [3.8, 4) is 0 Å². The molecule has 0 aliphatic carbocycles. The van der Waals surface area contributed by atoms with Gasteiger partial charge in [0.1, 0.15) is 0 Å². The van der Waals surface area contributed by atoms with Crippen LogP contribution in [0.3, 0.4) is 0 Å². The smallest absolute Gasteiger partial charge is 0.306 e. The lowest BCUT2D eigenvalue weighted by Gasteiger charge is -2.05. The fourth-order valence-electron chi connectivity index (χ4n) is 2.05. The van der Waals surface area contributed by atoms with Crippen molar-refractivity contribution in [1.29, 1.82) is 0 Å². The predicted octanol–water partition coefficient (Wildman–Crippen LogP) is 3.32. The first-order chi connectivity index (χ1) is 11.1. The van der Waals surface area contributed by atoms with Crippen LogP contribution < -0.4 is 0 Å². The molecule has 0 spiro atoms. The largest absolute Gasteiger partial charge is 0.466 e. The number of esters is 2. The first kappa shape index (κ1) is 18.9. The summed E-state index contributed by atoms with van der Waals surface area (Å²) in [5.74, 6) is -0.737. The molecule has 0 fully saturated rings. The lowest BCUT2D eigenvalue weighted by Crippen LogP contribution is -2.13. The van der Waals surface area contributed by atoms with Gasteiger partial charge in [-0.15, -0.1) is 0 Å². The van der Waals surface area contributed by atoms with Crippen LogP contribution in [0.25, 0.3) is 0 Å². The van der Waals surface area contributed by atoms with E-state index in [-0.39, 0.29) is 24.3 Å². The van der Waals surface area contributed by atoms with Gasteiger partial charge in [0, 0.05) is 18.4 Å². The Morgan fingerprint density at radius 3 is 1.96 bits per heavy atom. The molecule has 0 saturated heterocycles. The Kier molecular flexibility index (Phi) is 9.36. The zero-order valence-electron chi connectivity index (χ0n) is 13.6. The zero-order chi connectivity index (χ0) is 16.9. The molecule has 23 heavy (non-hydrogen) atoms. The predicted molar refractivity (Wildman–Crippen MR) is 86.1 cm³/mol. The number of Topliss-reactive ketones (excluding diaryl/α,β-unsaturated/α-hetero) is 1. The molecule has 0 bridgehead atoms. The van der Waals surface area contributed by atoms with Crippen LogP contribution in [0.1, 0.15) is 55.8 Å². The van der Waals surface area contributed by atoms with Crippen LogP contribution in [-0.2, 0) is 19.1 Å². The molecule has 0 radical (unpaired) electrons. The fourth-order valence-corrected chi connectivity index (χ4v) is 2.05. The summed E-state index contributed by atoms with van der Waals surface area (Å²) < 4.78 is 9.80. The van der Waals surface area contributed by atoms with Crippen molar-refractivity contribution in [1.82, 2.24) is 0 Å². The fraction of sp³-hybridized carbons (Fsp3) is 0.500. The standard InChI is InChI=1S/C18H24O5/c1-2-22-17(20)12-8-3-4-9-13-18(21)23-14-16(19)15-10-6-5-7-11-15/h5-7,10-11H,2-4,8-9,12-14H2,1H3. The van der Waals surface area contributed by atoms with E-state index in [2.05, 4.69) is 0 Å². The van der Waals surface area contributed by atoms with Crippen LogP contribution in [0.2, 0.25) is 0 Å². The van der Waals surface area contributed by atoms with E-state index in [0.717, 1.165) is 19.3 Å². The van der Waals surface area contributed by atoms with E-state index in [4.69, 9.17) is 9.47 Å². The summed E-state index contributed by atoms with van der Waals surface area (Å²) >= 11 is 0. The average Bonchev–Trinajstić information content (AvgIpc) is 2.56. The topological polar surface area (TPSA) is 69.7 Å². The monoisotopic (exact) mass is 320 g/mol. The third kappa shape index (κ3) is 8.76. The first-order valence-electron chi connectivity index (χ1n) is 8.03. The molecule has 0 N–H and O–H groups in total. The molecule has 5 heteroatoms. The highest BCUT2D eigenvalue weighted by Crippen LogP contribution is 2.07. The molecule has 1 rings (SSSR count). The van der Waals surface area contributed by atoms with Crippen molar-refractivity contribution in [3.05, 3.63) is 35.9 Å². The molecule has 0 amide bonds. The lowest BCUT2D eigenvalue weighted by atomic mass is 10.1. The van der Waals surface area contributed by atoms with E-state index in [1.165, 1.54) is 0 Å². The maximum absolute atomic E-state index is 11.8. The van der Waals surface area contributed by atoms with Crippen LogP contribution >= 0.6 is 0 Å². The van der Waals surface area contributed by atoms with Gasteiger partial charge in [0.25, 0.3) is 0 Å².